The molecule has 0 amide bonds. The van der Waals surface area contributed by atoms with Gasteiger partial charge in [-0.1, -0.05) is 0 Å². The summed E-state index contributed by atoms with van der Waals surface area (Å²) < 4.78 is 0. The second-order valence-electron chi connectivity index (χ2n) is 2.91. The molecule has 0 spiro atoms. The molecular weight excluding hydrogens is 192 g/mol. The van der Waals surface area contributed by atoms with Crippen molar-refractivity contribution in [1.82, 2.24) is 4.98 Å². The van der Waals surface area contributed by atoms with E-state index in [-0.39, 0.29) is 5.84 Å². The van der Waals surface area contributed by atoms with E-state index in [1.165, 1.54) is 0 Å². The predicted octanol–water partition coefficient (Wildman–Crippen LogP) is 0.121. The highest BCUT2D eigenvalue weighted by Crippen LogP contribution is 2.04. The lowest BCUT2D eigenvalue weighted by molar-refractivity contribution is 1.17. The molecule has 5 N–H and O–H groups in total. The van der Waals surface area contributed by atoms with Crippen LogP contribution in [-0.2, 0) is 0 Å². The van der Waals surface area contributed by atoms with Crippen molar-refractivity contribution in [2.75, 3.05) is 12.4 Å². The number of nitrogens with one attached hydrogen (secondary N) is 1. The predicted molar refractivity (Wildman–Crippen MR) is 61.8 cm³/mol. The topological polar surface area (TPSA) is 102 Å². The summed E-state index contributed by atoms with van der Waals surface area (Å²) in [4.78, 5) is 4.10. The number of amidine groups is 2. The molecule has 1 heterocycles. The van der Waals surface area contributed by atoms with Gasteiger partial charge in [0.2, 0.25) is 0 Å². The number of hydrogen-bond acceptors (Lipinski definition) is 4. The van der Waals surface area contributed by atoms with E-state index in [1.807, 2.05) is 13.1 Å². The normalized spacial score (nSPS) is 12.7. The highest BCUT2D eigenvalue weighted by Gasteiger charge is 1.99. The molecule has 80 valence electrons. The maximum absolute atomic E-state index is 5.64. The lowest BCUT2D eigenvalue weighted by atomic mass is 10.3. The zero-order chi connectivity index (χ0) is 11.3. The van der Waals surface area contributed by atoms with E-state index in [4.69, 9.17) is 11.5 Å². The summed E-state index contributed by atoms with van der Waals surface area (Å²) >= 11 is 0. The lowest BCUT2D eigenvalue weighted by Gasteiger charge is -2.00. The largest absolute Gasteiger partial charge is 0.387 e. The quantitative estimate of drug-likeness (QED) is 0.371. The second-order valence-corrected chi connectivity index (χ2v) is 2.91. The number of rotatable bonds is 3. The van der Waals surface area contributed by atoms with Crippen LogP contribution in [0.5, 0.6) is 0 Å². The first kappa shape index (κ1) is 11.0. The van der Waals surface area contributed by atoms with E-state index in [0.717, 1.165) is 5.69 Å². The third kappa shape index (κ3) is 3.26. The van der Waals surface area contributed by atoms with Crippen molar-refractivity contribution in [3.63, 3.8) is 0 Å². The van der Waals surface area contributed by atoms with Crippen molar-refractivity contribution in [2.45, 2.75) is 6.92 Å². The van der Waals surface area contributed by atoms with Crippen molar-refractivity contribution in [3.05, 3.63) is 24.0 Å². The first-order chi connectivity index (χ1) is 7.13. The molecule has 15 heavy (non-hydrogen) atoms. The van der Waals surface area contributed by atoms with Gasteiger partial charge in [-0.05, 0) is 19.1 Å². The number of nitrogens with zero attached hydrogens (tertiary/aromatic N) is 3. The average molecular weight is 206 g/mol. The standard InChI is InChI=1S/C9H14N6/c1-6(10)14-15-9(11)8-4-3-7(12-2)5-13-8/h3-5,12H,1-2H3,(H2,10,14)(H2,11,15). The Balaban J connectivity index is 2.87. The molecule has 6 nitrogen and oxygen atoms in total. The zero-order valence-electron chi connectivity index (χ0n) is 8.73. The van der Waals surface area contributed by atoms with Crippen LogP contribution < -0.4 is 16.8 Å². The Labute approximate surface area is 88.1 Å². The van der Waals surface area contributed by atoms with Gasteiger partial charge in [0.25, 0.3) is 0 Å². The number of anilines is 1. The highest BCUT2D eigenvalue weighted by molar-refractivity contribution is 5.96. The fourth-order valence-corrected chi connectivity index (χ4v) is 0.877. The molecule has 0 aliphatic carbocycles. The Kier molecular flexibility index (Phi) is 3.61. The third-order valence-corrected chi connectivity index (χ3v) is 1.63. The Morgan fingerprint density at radius 3 is 2.53 bits per heavy atom. The van der Waals surface area contributed by atoms with Gasteiger partial charge < -0.3 is 16.8 Å². The Hall–Kier alpha value is -2.11. The Bertz CT molecular complexity index is 374. The minimum Gasteiger partial charge on any atom is -0.387 e. The summed E-state index contributed by atoms with van der Waals surface area (Å²) in [7, 11) is 1.82. The highest BCUT2D eigenvalue weighted by atomic mass is 15.3. The zero-order valence-corrected chi connectivity index (χ0v) is 8.73. The van der Waals surface area contributed by atoms with Crippen LogP contribution in [0.15, 0.2) is 28.5 Å². The van der Waals surface area contributed by atoms with Crippen molar-refractivity contribution in [1.29, 1.82) is 0 Å². The first-order valence-electron chi connectivity index (χ1n) is 4.41. The van der Waals surface area contributed by atoms with Crippen LogP contribution in [0.4, 0.5) is 5.69 Å². The summed E-state index contributed by atoms with van der Waals surface area (Å²) in [6, 6.07) is 3.61. The molecular formula is C9H14N6. The Morgan fingerprint density at radius 2 is 2.07 bits per heavy atom. The van der Waals surface area contributed by atoms with E-state index in [1.54, 1.807) is 19.2 Å². The minimum atomic E-state index is 0.238. The molecule has 6 heteroatoms. The van der Waals surface area contributed by atoms with Gasteiger partial charge in [0.1, 0.15) is 11.5 Å². The maximum atomic E-state index is 5.64. The lowest BCUT2D eigenvalue weighted by Crippen LogP contribution is -2.15. The van der Waals surface area contributed by atoms with Crippen molar-refractivity contribution < 1.29 is 0 Å². The number of aromatic nitrogens is 1. The molecule has 0 aromatic carbocycles. The molecule has 0 aliphatic rings. The molecule has 1 aromatic heterocycles. The van der Waals surface area contributed by atoms with E-state index < -0.39 is 0 Å². The van der Waals surface area contributed by atoms with Crippen LogP contribution >= 0.6 is 0 Å². The molecule has 0 saturated carbocycles. The van der Waals surface area contributed by atoms with Crippen LogP contribution in [0, 0.1) is 0 Å². The summed E-state index contributed by atoms with van der Waals surface area (Å²) in [5.41, 5.74) is 12.4. The van der Waals surface area contributed by atoms with E-state index in [0.29, 0.717) is 11.5 Å². The summed E-state index contributed by atoms with van der Waals surface area (Å²) in [6.07, 6.45) is 1.66. The average Bonchev–Trinajstić information content (AvgIpc) is 2.26. The number of pyridine rings is 1. The van der Waals surface area contributed by atoms with Gasteiger partial charge in [0, 0.05) is 7.05 Å². The van der Waals surface area contributed by atoms with Crippen LogP contribution in [-0.4, -0.2) is 23.7 Å². The first-order valence-corrected chi connectivity index (χ1v) is 4.41. The number of nitrogens with two attached hydrogens (primary N) is 2. The molecule has 0 atom stereocenters. The van der Waals surface area contributed by atoms with Gasteiger partial charge in [-0.2, -0.15) is 0 Å². The van der Waals surface area contributed by atoms with Crippen molar-refractivity contribution >= 4 is 17.4 Å². The van der Waals surface area contributed by atoms with Crippen LogP contribution in [0.25, 0.3) is 0 Å². The summed E-state index contributed by atoms with van der Waals surface area (Å²) in [6.45, 7) is 1.63. The molecule has 1 aromatic rings. The third-order valence-electron chi connectivity index (χ3n) is 1.63. The summed E-state index contributed by atoms with van der Waals surface area (Å²) in [5.74, 6) is 0.590. The molecule has 0 unspecified atom stereocenters. The minimum absolute atomic E-state index is 0.238. The second kappa shape index (κ2) is 4.94. The number of hydrogen-bond donors (Lipinski definition) is 3. The van der Waals surface area contributed by atoms with Gasteiger partial charge in [0.15, 0.2) is 5.84 Å². The monoisotopic (exact) mass is 206 g/mol. The van der Waals surface area contributed by atoms with E-state index in [9.17, 15) is 0 Å². The Morgan fingerprint density at radius 1 is 1.33 bits per heavy atom. The van der Waals surface area contributed by atoms with Gasteiger partial charge in [-0.15, -0.1) is 10.2 Å². The van der Waals surface area contributed by atoms with Crippen LogP contribution in [0.3, 0.4) is 0 Å². The summed E-state index contributed by atoms with van der Waals surface area (Å²) in [5, 5.41) is 10.3. The van der Waals surface area contributed by atoms with Gasteiger partial charge in [-0.25, -0.2) is 0 Å². The fourth-order valence-electron chi connectivity index (χ4n) is 0.877. The SMILES string of the molecule is CNc1ccc(/C(N)=N/N=C(/C)N)nc1. The van der Waals surface area contributed by atoms with Crippen molar-refractivity contribution in [3.8, 4) is 0 Å². The van der Waals surface area contributed by atoms with Gasteiger partial charge in [-0.3, -0.25) is 4.98 Å². The molecule has 1 rings (SSSR count). The van der Waals surface area contributed by atoms with Crippen molar-refractivity contribution in [2.24, 2.45) is 21.7 Å². The van der Waals surface area contributed by atoms with Gasteiger partial charge in [0.05, 0.1) is 11.9 Å². The molecule has 0 fully saturated rings. The molecule has 0 aliphatic heterocycles. The molecule has 0 radical (unpaired) electrons. The van der Waals surface area contributed by atoms with Crippen LogP contribution in [0.1, 0.15) is 12.6 Å². The fraction of sp³-hybridized carbons (Fsp3) is 0.222. The van der Waals surface area contributed by atoms with Crippen LogP contribution in [0.2, 0.25) is 0 Å². The van der Waals surface area contributed by atoms with Gasteiger partial charge >= 0.3 is 0 Å². The smallest absolute Gasteiger partial charge is 0.172 e. The van der Waals surface area contributed by atoms with E-state index >= 15 is 0 Å². The maximum Gasteiger partial charge on any atom is 0.172 e. The molecule has 0 bridgehead atoms. The molecule has 0 saturated heterocycles. The van der Waals surface area contributed by atoms with E-state index in [2.05, 4.69) is 20.5 Å².